The van der Waals surface area contributed by atoms with Crippen molar-refractivity contribution in [2.24, 2.45) is 5.73 Å². The van der Waals surface area contributed by atoms with Gasteiger partial charge < -0.3 is 15.6 Å². The maximum atomic E-state index is 9.28. The molecular formula is C14H31NO2. The Kier molecular flexibility index (Phi) is 10.9. The lowest BCUT2D eigenvalue weighted by molar-refractivity contribution is -0.0483. The molecule has 0 aromatic heterocycles. The van der Waals surface area contributed by atoms with E-state index in [2.05, 4.69) is 20.8 Å². The van der Waals surface area contributed by atoms with Crippen LogP contribution in [0.3, 0.4) is 0 Å². The first-order valence-electron chi connectivity index (χ1n) is 7.17. The van der Waals surface area contributed by atoms with E-state index in [1.807, 2.05) is 0 Å². The molecule has 0 amide bonds. The number of nitrogens with two attached hydrogens (primary N) is 1. The van der Waals surface area contributed by atoms with Gasteiger partial charge in [-0.15, -0.1) is 0 Å². The lowest BCUT2D eigenvalue weighted by Crippen LogP contribution is -2.41. The fourth-order valence-corrected chi connectivity index (χ4v) is 2.02. The molecule has 0 saturated carbocycles. The van der Waals surface area contributed by atoms with Crippen LogP contribution in [0.2, 0.25) is 0 Å². The molecule has 104 valence electrons. The van der Waals surface area contributed by atoms with Gasteiger partial charge in [-0.3, -0.25) is 0 Å². The minimum atomic E-state index is -0.198. The van der Waals surface area contributed by atoms with Crippen molar-refractivity contribution < 1.29 is 9.84 Å². The number of hydrogen-bond acceptors (Lipinski definition) is 3. The Morgan fingerprint density at radius 3 is 2.29 bits per heavy atom. The van der Waals surface area contributed by atoms with Crippen LogP contribution in [0.5, 0.6) is 0 Å². The first-order chi connectivity index (χ1) is 8.15. The molecule has 3 nitrogen and oxygen atoms in total. The zero-order valence-corrected chi connectivity index (χ0v) is 11.8. The summed E-state index contributed by atoms with van der Waals surface area (Å²) in [6.45, 7) is 6.42. The van der Waals surface area contributed by atoms with Gasteiger partial charge in [0.15, 0.2) is 0 Å². The van der Waals surface area contributed by atoms with E-state index in [1.54, 1.807) is 0 Å². The molecule has 0 bridgehead atoms. The highest BCUT2D eigenvalue weighted by molar-refractivity contribution is 4.73. The predicted octanol–water partition coefficient (Wildman–Crippen LogP) is 2.85. The van der Waals surface area contributed by atoms with Crippen molar-refractivity contribution in [2.45, 2.75) is 84.0 Å². The minimum absolute atomic E-state index is 0.0282. The van der Waals surface area contributed by atoms with Gasteiger partial charge in [0.2, 0.25) is 0 Å². The van der Waals surface area contributed by atoms with Gasteiger partial charge in [0.25, 0.3) is 0 Å². The van der Waals surface area contributed by atoms with E-state index in [9.17, 15) is 5.11 Å². The topological polar surface area (TPSA) is 55.5 Å². The summed E-state index contributed by atoms with van der Waals surface area (Å²) in [5.74, 6) is 0. The molecule has 0 aromatic carbocycles. The Hall–Kier alpha value is -0.120. The Morgan fingerprint density at radius 1 is 1.06 bits per heavy atom. The Balaban J connectivity index is 3.77. The van der Waals surface area contributed by atoms with Crippen molar-refractivity contribution in [1.29, 1.82) is 0 Å². The molecule has 0 heterocycles. The molecule has 3 unspecified atom stereocenters. The smallest absolute Gasteiger partial charge is 0.0959 e. The van der Waals surface area contributed by atoms with Crippen molar-refractivity contribution in [1.82, 2.24) is 0 Å². The first-order valence-corrected chi connectivity index (χ1v) is 7.17. The van der Waals surface area contributed by atoms with E-state index in [1.165, 1.54) is 25.7 Å². The Labute approximate surface area is 107 Å². The summed E-state index contributed by atoms with van der Waals surface area (Å²) in [6.07, 6.45) is 8.05. The predicted molar refractivity (Wildman–Crippen MR) is 73.1 cm³/mol. The zero-order chi connectivity index (χ0) is 13.1. The van der Waals surface area contributed by atoms with Gasteiger partial charge in [-0.25, -0.2) is 0 Å². The molecule has 3 atom stereocenters. The number of aliphatic hydroxyl groups is 1. The molecule has 0 spiro atoms. The Morgan fingerprint density at radius 2 is 1.76 bits per heavy atom. The third kappa shape index (κ3) is 8.58. The lowest BCUT2D eigenvalue weighted by atomic mass is 10.1. The molecule has 0 aliphatic heterocycles. The van der Waals surface area contributed by atoms with Crippen molar-refractivity contribution >= 4 is 0 Å². The molecule has 0 rings (SSSR count). The molecule has 0 aromatic rings. The van der Waals surface area contributed by atoms with Crippen LogP contribution in [0.1, 0.15) is 65.7 Å². The van der Waals surface area contributed by atoms with E-state index in [0.717, 1.165) is 19.3 Å². The van der Waals surface area contributed by atoms with Gasteiger partial charge in [0.1, 0.15) is 0 Å². The van der Waals surface area contributed by atoms with Crippen molar-refractivity contribution in [3.8, 4) is 0 Å². The first kappa shape index (κ1) is 16.9. The average molecular weight is 245 g/mol. The van der Waals surface area contributed by atoms with Crippen LogP contribution in [-0.4, -0.2) is 30.0 Å². The fourth-order valence-electron chi connectivity index (χ4n) is 2.02. The summed E-state index contributed by atoms with van der Waals surface area (Å²) in [4.78, 5) is 0. The SMILES string of the molecule is CCCCCCC(C)OC(CO)C(N)CCC. The lowest BCUT2D eigenvalue weighted by Gasteiger charge is -2.25. The minimum Gasteiger partial charge on any atom is -0.394 e. The van der Waals surface area contributed by atoms with Gasteiger partial charge in [-0.05, 0) is 19.8 Å². The maximum Gasteiger partial charge on any atom is 0.0959 e. The van der Waals surface area contributed by atoms with E-state index in [-0.39, 0.29) is 24.9 Å². The maximum absolute atomic E-state index is 9.28. The van der Waals surface area contributed by atoms with Gasteiger partial charge in [0.05, 0.1) is 18.8 Å². The van der Waals surface area contributed by atoms with Crippen molar-refractivity contribution in [2.75, 3.05) is 6.61 Å². The molecule has 17 heavy (non-hydrogen) atoms. The van der Waals surface area contributed by atoms with Crippen LogP contribution in [0.4, 0.5) is 0 Å². The van der Waals surface area contributed by atoms with E-state index in [4.69, 9.17) is 10.5 Å². The monoisotopic (exact) mass is 245 g/mol. The van der Waals surface area contributed by atoms with Gasteiger partial charge in [0, 0.05) is 6.04 Å². The van der Waals surface area contributed by atoms with Crippen LogP contribution in [-0.2, 0) is 4.74 Å². The normalized spacial score (nSPS) is 16.8. The molecular weight excluding hydrogens is 214 g/mol. The standard InChI is InChI=1S/C14H31NO2/c1-4-6-7-8-10-12(3)17-14(11-16)13(15)9-5-2/h12-14,16H,4-11,15H2,1-3H3. The number of rotatable bonds is 11. The second kappa shape index (κ2) is 11.0. The average Bonchev–Trinajstić information content (AvgIpc) is 2.32. The quantitative estimate of drug-likeness (QED) is 0.550. The Bertz CT molecular complexity index is 164. The van der Waals surface area contributed by atoms with Crippen LogP contribution < -0.4 is 5.73 Å². The zero-order valence-electron chi connectivity index (χ0n) is 11.8. The summed E-state index contributed by atoms with van der Waals surface area (Å²) in [5, 5.41) is 9.28. The summed E-state index contributed by atoms with van der Waals surface area (Å²) in [7, 11) is 0. The van der Waals surface area contributed by atoms with Gasteiger partial charge in [-0.1, -0.05) is 46.0 Å². The third-order valence-electron chi connectivity index (χ3n) is 3.15. The number of aliphatic hydroxyl groups excluding tert-OH is 1. The summed E-state index contributed by atoms with van der Waals surface area (Å²) < 4.78 is 5.82. The molecule has 0 aliphatic rings. The van der Waals surface area contributed by atoms with Crippen molar-refractivity contribution in [3.63, 3.8) is 0 Å². The van der Waals surface area contributed by atoms with E-state index in [0.29, 0.717) is 0 Å². The number of ether oxygens (including phenoxy) is 1. The molecule has 0 radical (unpaired) electrons. The molecule has 0 saturated heterocycles. The van der Waals surface area contributed by atoms with E-state index >= 15 is 0 Å². The van der Waals surface area contributed by atoms with Crippen LogP contribution in [0.15, 0.2) is 0 Å². The summed E-state index contributed by atoms with van der Waals surface area (Å²) in [5.41, 5.74) is 5.98. The molecule has 0 fully saturated rings. The highest BCUT2D eigenvalue weighted by Gasteiger charge is 2.19. The van der Waals surface area contributed by atoms with E-state index < -0.39 is 0 Å². The van der Waals surface area contributed by atoms with Gasteiger partial charge >= 0.3 is 0 Å². The molecule has 3 heteroatoms. The largest absolute Gasteiger partial charge is 0.394 e. The van der Waals surface area contributed by atoms with Crippen LogP contribution >= 0.6 is 0 Å². The highest BCUT2D eigenvalue weighted by Crippen LogP contribution is 2.12. The van der Waals surface area contributed by atoms with Crippen molar-refractivity contribution in [3.05, 3.63) is 0 Å². The molecule has 0 aliphatic carbocycles. The van der Waals surface area contributed by atoms with Crippen LogP contribution in [0.25, 0.3) is 0 Å². The molecule has 3 N–H and O–H groups in total. The van der Waals surface area contributed by atoms with Gasteiger partial charge in [-0.2, -0.15) is 0 Å². The third-order valence-corrected chi connectivity index (χ3v) is 3.15. The number of hydrogen-bond donors (Lipinski definition) is 2. The highest BCUT2D eigenvalue weighted by atomic mass is 16.5. The summed E-state index contributed by atoms with van der Waals surface area (Å²) >= 11 is 0. The second-order valence-electron chi connectivity index (χ2n) is 4.97. The fraction of sp³-hybridized carbons (Fsp3) is 1.00. The number of unbranched alkanes of at least 4 members (excludes halogenated alkanes) is 3. The second-order valence-corrected chi connectivity index (χ2v) is 4.97. The summed E-state index contributed by atoms with van der Waals surface area (Å²) in [6, 6.07) is -0.0388. The van der Waals surface area contributed by atoms with Crippen LogP contribution in [0, 0.1) is 0 Å².